The maximum atomic E-state index is 6.34. The van der Waals surface area contributed by atoms with Gasteiger partial charge in [0.15, 0.2) is 5.79 Å². The fourth-order valence-electron chi connectivity index (χ4n) is 3.83. The predicted molar refractivity (Wildman–Crippen MR) is 64.7 cm³/mol. The van der Waals surface area contributed by atoms with Crippen LogP contribution in [-0.4, -0.2) is 29.2 Å². The molecule has 0 aromatic carbocycles. The predicted octanol–water partition coefficient (Wildman–Crippen LogP) is 2.87. The Balaban J connectivity index is 1.95. The van der Waals surface area contributed by atoms with Crippen LogP contribution < -0.4 is 0 Å². The van der Waals surface area contributed by atoms with Crippen molar-refractivity contribution in [2.24, 2.45) is 5.92 Å². The zero-order chi connectivity index (χ0) is 12.5. The summed E-state index contributed by atoms with van der Waals surface area (Å²) in [6.07, 6.45) is 3.57. The molecule has 3 nitrogen and oxygen atoms in total. The first-order valence-corrected chi connectivity index (χ1v) is 6.84. The first kappa shape index (κ1) is 11.9. The van der Waals surface area contributed by atoms with Crippen LogP contribution >= 0.6 is 0 Å². The second-order valence-electron chi connectivity index (χ2n) is 6.77. The smallest absolute Gasteiger partial charge is 0.198 e. The average Bonchev–Trinajstić information content (AvgIpc) is 2.46. The third-order valence-corrected chi connectivity index (χ3v) is 5.18. The van der Waals surface area contributed by atoms with Crippen molar-refractivity contribution >= 4 is 0 Å². The van der Waals surface area contributed by atoms with Crippen molar-refractivity contribution in [3.8, 4) is 0 Å². The molecular weight excluding hydrogens is 216 g/mol. The van der Waals surface area contributed by atoms with Gasteiger partial charge in [-0.3, -0.25) is 0 Å². The van der Waals surface area contributed by atoms with E-state index >= 15 is 0 Å². The molecule has 4 fully saturated rings. The lowest BCUT2D eigenvalue weighted by molar-refractivity contribution is -0.380. The molecule has 3 heteroatoms. The first-order valence-electron chi connectivity index (χ1n) is 6.84. The van der Waals surface area contributed by atoms with Crippen molar-refractivity contribution in [3.63, 3.8) is 0 Å². The normalized spacial score (nSPS) is 56.6. The van der Waals surface area contributed by atoms with E-state index in [1.165, 1.54) is 6.42 Å². The Morgan fingerprint density at radius 3 is 2.06 bits per heavy atom. The Kier molecular flexibility index (Phi) is 2.28. The highest BCUT2D eigenvalue weighted by Crippen LogP contribution is 2.58. The van der Waals surface area contributed by atoms with Crippen LogP contribution in [0.15, 0.2) is 0 Å². The van der Waals surface area contributed by atoms with Crippen molar-refractivity contribution in [1.82, 2.24) is 0 Å². The minimum absolute atomic E-state index is 0.0416. The summed E-state index contributed by atoms with van der Waals surface area (Å²) in [5.74, 6) is 0.0476. The van der Waals surface area contributed by atoms with Crippen LogP contribution in [0.5, 0.6) is 0 Å². The van der Waals surface area contributed by atoms with Gasteiger partial charge in [-0.2, -0.15) is 0 Å². The van der Waals surface area contributed by atoms with Gasteiger partial charge in [-0.25, -0.2) is 0 Å². The van der Waals surface area contributed by atoms with Crippen molar-refractivity contribution in [2.45, 2.75) is 83.1 Å². The lowest BCUT2D eigenvalue weighted by Crippen LogP contribution is -2.68. The average molecular weight is 240 g/mol. The lowest BCUT2D eigenvalue weighted by Gasteiger charge is -2.61. The Bertz CT molecular complexity index is 328. The van der Waals surface area contributed by atoms with Crippen LogP contribution in [0.4, 0.5) is 0 Å². The summed E-state index contributed by atoms with van der Waals surface area (Å²) in [4.78, 5) is 0. The quantitative estimate of drug-likeness (QED) is 0.651. The SMILES string of the molecule is CC1OC2(CC3CCC2(C)OC3(C)C)OC1C. The first-order chi connectivity index (χ1) is 7.78. The minimum Gasteiger partial charge on any atom is -0.364 e. The summed E-state index contributed by atoms with van der Waals surface area (Å²) < 4.78 is 18.7. The van der Waals surface area contributed by atoms with Gasteiger partial charge in [-0.15, -0.1) is 0 Å². The van der Waals surface area contributed by atoms with Crippen molar-refractivity contribution in [1.29, 1.82) is 0 Å². The fourth-order valence-corrected chi connectivity index (χ4v) is 3.83. The van der Waals surface area contributed by atoms with E-state index in [1.54, 1.807) is 0 Å². The van der Waals surface area contributed by atoms with Gasteiger partial charge in [-0.05, 0) is 53.4 Å². The third-order valence-electron chi connectivity index (χ3n) is 5.18. The maximum Gasteiger partial charge on any atom is 0.198 e. The minimum atomic E-state index is -0.496. The molecule has 3 heterocycles. The Morgan fingerprint density at radius 2 is 1.59 bits per heavy atom. The van der Waals surface area contributed by atoms with Crippen molar-refractivity contribution in [3.05, 3.63) is 0 Å². The van der Waals surface area contributed by atoms with Crippen molar-refractivity contribution in [2.75, 3.05) is 0 Å². The summed E-state index contributed by atoms with van der Waals surface area (Å²) >= 11 is 0. The summed E-state index contributed by atoms with van der Waals surface area (Å²) in [7, 11) is 0. The summed E-state index contributed by atoms with van der Waals surface area (Å²) in [5.41, 5.74) is -0.329. The molecule has 4 atom stereocenters. The fraction of sp³-hybridized carbons (Fsp3) is 1.00. The molecule has 3 aliphatic heterocycles. The van der Waals surface area contributed by atoms with Crippen LogP contribution in [0.1, 0.15) is 53.9 Å². The molecule has 3 saturated heterocycles. The molecule has 1 saturated carbocycles. The summed E-state index contributed by atoms with van der Waals surface area (Å²) in [5, 5.41) is 0. The molecule has 4 aliphatic rings. The number of ether oxygens (including phenoxy) is 3. The zero-order valence-corrected chi connectivity index (χ0v) is 11.6. The molecule has 0 amide bonds. The summed E-state index contributed by atoms with van der Waals surface area (Å²) in [6, 6.07) is 0. The van der Waals surface area contributed by atoms with Gasteiger partial charge in [-0.1, -0.05) is 0 Å². The van der Waals surface area contributed by atoms with Gasteiger partial charge >= 0.3 is 0 Å². The number of hydrogen-bond acceptors (Lipinski definition) is 3. The maximum absolute atomic E-state index is 6.34. The Morgan fingerprint density at radius 1 is 1.00 bits per heavy atom. The van der Waals surface area contributed by atoms with Gasteiger partial charge in [0, 0.05) is 6.42 Å². The van der Waals surface area contributed by atoms with Crippen molar-refractivity contribution < 1.29 is 14.2 Å². The van der Waals surface area contributed by atoms with E-state index in [2.05, 4.69) is 34.6 Å². The van der Waals surface area contributed by atoms with Crippen LogP contribution in [0.2, 0.25) is 0 Å². The molecule has 2 bridgehead atoms. The van der Waals surface area contributed by atoms with E-state index in [0.29, 0.717) is 5.92 Å². The van der Waals surface area contributed by atoms with Gasteiger partial charge in [0.2, 0.25) is 0 Å². The molecular formula is C14H24O3. The van der Waals surface area contributed by atoms with Crippen LogP contribution in [0.25, 0.3) is 0 Å². The monoisotopic (exact) mass is 240 g/mol. The highest BCUT2D eigenvalue weighted by molar-refractivity contribution is 5.10. The Hall–Kier alpha value is -0.120. The molecule has 1 aliphatic carbocycles. The van der Waals surface area contributed by atoms with E-state index < -0.39 is 5.79 Å². The van der Waals surface area contributed by atoms with Gasteiger partial charge < -0.3 is 14.2 Å². The Labute approximate surface area is 104 Å². The number of fused-ring (bicyclic) bond motifs is 2. The second-order valence-corrected chi connectivity index (χ2v) is 6.77. The van der Waals surface area contributed by atoms with E-state index in [0.717, 1.165) is 12.8 Å². The molecule has 1 spiro atoms. The highest BCUT2D eigenvalue weighted by atomic mass is 16.8. The molecule has 0 aromatic heterocycles. The van der Waals surface area contributed by atoms with Gasteiger partial charge in [0.1, 0.15) is 5.60 Å². The lowest BCUT2D eigenvalue weighted by atomic mass is 9.65. The number of rotatable bonds is 0. The van der Waals surface area contributed by atoms with E-state index in [1.807, 2.05) is 0 Å². The largest absolute Gasteiger partial charge is 0.364 e. The molecule has 4 rings (SSSR count). The van der Waals surface area contributed by atoms with Gasteiger partial charge in [0.25, 0.3) is 0 Å². The van der Waals surface area contributed by atoms with Crippen LogP contribution in [0, 0.1) is 5.92 Å². The van der Waals surface area contributed by atoms with E-state index in [9.17, 15) is 0 Å². The molecule has 4 unspecified atom stereocenters. The zero-order valence-electron chi connectivity index (χ0n) is 11.6. The molecule has 0 N–H and O–H groups in total. The molecule has 0 aromatic rings. The van der Waals surface area contributed by atoms with Crippen LogP contribution in [-0.2, 0) is 14.2 Å². The van der Waals surface area contributed by atoms with E-state index in [-0.39, 0.29) is 23.4 Å². The summed E-state index contributed by atoms with van der Waals surface area (Å²) in [6.45, 7) is 10.7. The number of hydrogen-bond donors (Lipinski definition) is 0. The standard InChI is InChI=1S/C14H24O3/c1-9-10(2)16-14(15-9)8-11-6-7-13(14,5)17-12(11,3)4/h9-11H,6-8H2,1-5H3. The van der Waals surface area contributed by atoms with Crippen LogP contribution in [0.3, 0.4) is 0 Å². The molecule has 98 valence electrons. The third kappa shape index (κ3) is 1.45. The topological polar surface area (TPSA) is 27.7 Å². The molecule has 0 radical (unpaired) electrons. The molecule has 17 heavy (non-hydrogen) atoms. The highest BCUT2D eigenvalue weighted by Gasteiger charge is 2.67. The van der Waals surface area contributed by atoms with E-state index in [4.69, 9.17) is 14.2 Å². The van der Waals surface area contributed by atoms with Gasteiger partial charge in [0.05, 0.1) is 17.8 Å². The second kappa shape index (κ2) is 3.25.